The maximum atomic E-state index is 11.5. The Kier molecular flexibility index (Phi) is 5.98. The van der Waals surface area contributed by atoms with Crippen LogP contribution in [-0.2, 0) is 9.84 Å². The highest BCUT2D eigenvalue weighted by Gasteiger charge is 2.29. The van der Waals surface area contributed by atoms with Crippen LogP contribution < -0.4 is 5.32 Å². The first-order chi connectivity index (χ1) is 7.06. The van der Waals surface area contributed by atoms with Crippen molar-refractivity contribution in [3.63, 3.8) is 0 Å². The van der Waals surface area contributed by atoms with E-state index in [1.54, 1.807) is 13.8 Å². The van der Waals surface area contributed by atoms with Gasteiger partial charge in [-0.3, -0.25) is 0 Å². The van der Waals surface area contributed by atoms with Gasteiger partial charge in [-0.15, -0.1) is 0 Å². The first-order valence-corrected chi connectivity index (χ1v) is 7.88. The Hall–Kier alpha value is -0.0900. The molecule has 0 aliphatic rings. The Labute approximate surface area is 101 Å². The van der Waals surface area contributed by atoms with Crippen LogP contribution in [-0.4, -0.2) is 32.0 Å². The first kappa shape index (κ1) is 15.9. The third-order valence-electron chi connectivity index (χ3n) is 3.06. The van der Waals surface area contributed by atoms with Gasteiger partial charge in [0.2, 0.25) is 0 Å². The molecular formula is C12H27NO2S. The molecule has 16 heavy (non-hydrogen) atoms. The van der Waals surface area contributed by atoms with Gasteiger partial charge in [0.05, 0.1) is 4.75 Å². The number of sulfone groups is 1. The Morgan fingerprint density at radius 2 is 1.62 bits per heavy atom. The molecule has 4 heteroatoms. The van der Waals surface area contributed by atoms with Crippen molar-refractivity contribution in [2.24, 2.45) is 5.92 Å². The van der Waals surface area contributed by atoms with E-state index < -0.39 is 14.6 Å². The second-order valence-corrected chi connectivity index (χ2v) is 8.43. The summed E-state index contributed by atoms with van der Waals surface area (Å²) in [5.41, 5.74) is 0. The van der Waals surface area contributed by atoms with Gasteiger partial charge in [-0.05, 0) is 39.5 Å². The Balaban J connectivity index is 4.06. The number of rotatable bonds is 7. The molecule has 98 valence electrons. The maximum Gasteiger partial charge on any atom is 0.153 e. The molecule has 0 heterocycles. The summed E-state index contributed by atoms with van der Waals surface area (Å²) in [5.74, 6) is 0.701. The quantitative estimate of drug-likeness (QED) is 0.752. The van der Waals surface area contributed by atoms with Crippen LogP contribution >= 0.6 is 0 Å². The predicted octanol–water partition coefficient (Wildman–Crippen LogP) is 2.22. The number of hydrogen-bond donors (Lipinski definition) is 1. The van der Waals surface area contributed by atoms with E-state index in [0.29, 0.717) is 18.5 Å². The minimum absolute atomic E-state index is 0.378. The monoisotopic (exact) mass is 249 g/mol. The fourth-order valence-corrected chi connectivity index (χ4v) is 1.58. The van der Waals surface area contributed by atoms with Crippen molar-refractivity contribution in [2.45, 2.75) is 58.2 Å². The minimum Gasteiger partial charge on any atom is -0.313 e. The van der Waals surface area contributed by atoms with Crippen molar-refractivity contribution in [2.75, 3.05) is 12.8 Å². The molecule has 0 amide bonds. The van der Waals surface area contributed by atoms with Crippen LogP contribution in [0.5, 0.6) is 0 Å². The zero-order valence-electron chi connectivity index (χ0n) is 11.5. The van der Waals surface area contributed by atoms with Crippen molar-refractivity contribution in [3.05, 3.63) is 0 Å². The van der Waals surface area contributed by atoms with Gasteiger partial charge in [-0.1, -0.05) is 13.8 Å². The van der Waals surface area contributed by atoms with E-state index in [0.717, 1.165) is 6.42 Å². The van der Waals surface area contributed by atoms with E-state index >= 15 is 0 Å². The van der Waals surface area contributed by atoms with Gasteiger partial charge in [-0.2, -0.15) is 0 Å². The van der Waals surface area contributed by atoms with Crippen molar-refractivity contribution in [1.29, 1.82) is 0 Å². The highest BCUT2D eigenvalue weighted by atomic mass is 32.2. The van der Waals surface area contributed by atoms with Crippen molar-refractivity contribution < 1.29 is 8.42 Å². The third-order valence-corrected chi connectivity index (χ3v) is 5.21. The second kappa shape index (κ2) is 6.01. The van der Waals surface area contributed by atoms with Gasteiger partial charge in [0.15, 0.2) is 9.84 Å². The first-order valence-electron chi connectivity index (χ1n) is 5.99. The molecule has 0 aromatic heterocycles. The summed E-state index contributed by atoms with van der Waals surface area (Å²) in [4.78, 5) is 0. The summed E-state index contributed by atoms with van der Waals surface area (Å²) in [6, 6.07) is 0.378. The lowest BCUT2D eigenvalue weighted by Gasteiger charge is -2.25. The van der Waals surface area contributed by atoms with Crippen LogP contribution in [0, 0.1) is 5.92 Å². The second-order valence-electron chi connectivity index (χ2n) is 5.79. The number of nitrogens with one attached hydrogen (secondary N) is 1. The van der Waals surface area contributed by atoms with Gasteiger partial charge in [0, 0.05) is 18.8 Å². The van der Waals surface area contributed by atoms with Crippen LogP contribution in [0.4, 0.5) is 0 Å². The smallest absolute Gasteiger partial charge is 0.153 e. The van der Waals surface area contributed by atoms with Gasteiger partial charge in [0.1, 0.15) is 0 Å². The predicted molar refractivity (Wildman–Crippen MR) is 70.5 cm³/mol. The lowest BCUT2D eigenvalue weighted by Crippen LogP contribution is -2.44. The average Bonchev–Trinajstić information content (AvgIpc) is 2.09. The molecule has 0 aromatic carbocycles. The molecule has 3 nitrogen and oxygen atoms in total. The molecule has 0 rings (SSSR count). The van der Waals surface area contributed by atoms with Crippen molar-refractivity contribution in [3.8, 4) is 0 Å². The lowest BCUT2D eigenvalue weighted by atomic mass is 10.0. The Morgan fingerprint density at radius 1 is 1.12 bits per heavy atom. The molecule has 1 N–H and O–H groups in total. The molecule has 0 aliphatic carbocycles. The van der Waals surface area contributed by atoms with Gasteiger partial charge >= 0.3 is 0 Å². The van der Waals surface area contributed by atoms with Crippen LogP contribution in [0.25, 0.3) is 0 Å². The largest absolute Gasteiger partial charge is 0.313 e. The summed E-state index contributed by atoms with van der Waals surface area (Å²) in [5, 5.41) is 3.31. The molecular weight excluding hydrogens is 222 g/mol. The summed E-state index contributed by atoms with van der Waals surface area (Å²) < 4.78 is 22.3. The highest BCUT2D eigenvalue weighted by molar-refractivity contribution is 7.92. The van der Waals surface area contributed by atoms with Crippen LogP contribution in [0.15, 0.2) is 0 Å². The SMILES string of the molecule is CC(C)CCC(C)NCC(C)(C)S(C)(=O)=O. The zero-order valence-corrected chi connectivity index (χ0v) is 12.3. The number of hydrogen-bond acceptors (Lipinski definition) is 3. The van der Waals surface area contributed by atoms with Gasteiger partial charge < -0.3 is 5.32 Å². The summed E-state index contributed by atoms with van der Waals surface area (Å²) in [7, 11) is -2.99. The van der Waals surface area contributed by atoms with E-state index in [1.807, 2.05) is 0 Å². The van der Waals surface area contributed by atoms with E-state index in [1.165, 1.54) is 12.7 Å². The molecule has 0 saturated heterocycles. The van der Waals surface area contributed by atoms with E-state index in [4.69, 9.17) is 0 Å². The molecule has 0 radical (unpaired) electrons. The van der Waals surface area contributed by atoms with Gasteiger partial charge in [0.25, 0.3) is 0 Å². The van der Waals surface area contributed by atoms with E-state index in [-0.39, 0.29) is 0 Å². The molecule has 0 bridgehead atoms. The summed E-state index contributed by atoms with van der Waals surface area (Å²) >= 11 is 0. The van der Waals surface area contributed by atoms with Crippen LogP contribution in [0.3, 0.4) is 0 Å². The fourth-order valence-electron chi connectivity index (χ4n) is 1.24. The Bertz CT molecular complexity index is 294. The molecule has 0 saturated carbocycles. The Morgan fingerprint density at radius 3 is 2.00 bits per heavy atom. The van der Waals surface area contributed by atoms with Crippen LogP contribution in [0.1, 0.15) is 47.5 Å². The molecule has 0 spiro atoms. The van der Waals surface area contributed by atoms with Gasteiger partial charge in [-0.25, -0.2) is 8.42 Å². The normalized spacial score (nSPS) is 15.4. The third kappa shape index (κ3) is 5.85. The van der Waals surface area contributed by atoms with E-state index in [9.17, 15) is 8.42 Å². The minimum atomic E-state index is -2.99. The fraction of sp³-hybridized carbons (Fsp3) is 1.00. The zero-order chi connectivity index (χ0) is 13.0. The molecule has 0 aromatic rings. The lowest BCUT2D eigenvalue weighted by molar-refractivity contribution is 0.428. The van der Waals surface area contributed by atoms with Crippen molar-refractivity contribution >= 4 is 9.84 Å². The van der Waals surface area contributed by atoms with E-state index in [2.05, 4.69) is 26.1 Å². The maximum absolute atomic E-state index is 11.5. The molecule has 0 aliphatic heterocycles. The molecule has 1 unspecified atom stereocenters. The highest BCUT2D eigenvalue weighted by Crippen LogP contribution is 2.14. The van der Waals surface area contributed by atoms with Crippen LogP contribution in [0.2, 0.25) is 0 Å². The topological polar surface area (TPSA) is 46.2 Å². The standard InChI is InChI=1S/C12H27NO2S/c1-10(2)7-8-11(3)13-9-12(4,5)16(6,14)15/h10-11,13H,7-9H2,1-6H3. The summed E-state index contributed by atoms with van der Waals surface area (Å²) in [6.45, 7) is 10.6. The molecule has 0 fully saturated rings. The average molecular weight is 249 g/mol. The summed E-state index contributed by atoms with van der Waals surface area (Å²) in [6.07, 6.45) is 3.57. The van der Waals surface area contributed by atoms with Crippen molar-refractivity contribution in [1.82, 2.24) is 5.32 Å². The molecule has 1 atom stereocenters.